The molecule has 0 radical (unpaired) electrons. The van der Waals surface area contributed by atoms with E-state index >= 15 is 0 Å². The van der Waals surface area contributed by atoms with Crippen molar-refractivity contribution in [2.75, 3.05) is 16.8 Å². The molecule has 4 rings (SSSR count). The Labute approximate surface area is 185 Å². The van der Waals surface area contributed by atoms with Crippen LogP contribution in [0, 0.1) is 11.7 Å². The van der Waals surface area contributed by atoms with Crippen molar-refractivity contribution in [2.45, 2.75) is 42.8 Å². The molecule has 2 aliphatic rings. The Morgan fingerprint density at radius 1 is 1.23 bits per heavy atom. The summed E-state index contributed by atoms with van der Waals surface area (Å²) in [5.74, 6) is -1.10. The predicted molar refractivity (Wildman–Crippen MR) is 117 cm³/mol. The first-order valence-corrected chi connectivity index (χ1v) is 12.0. The molecule has 9 heteroatoms. The molecule has 1 fully saturated rings. The number of amides is 2. The molecule has 2 aromatic rings. The van der Waals surface area contributed by atoms with Crippen LogP contribution in [0.25, 0.3) is 0 Å². The summed E-state index contributed by atoms with van der Waals surface area (Å²) < 4.78 is 39.9. The summed E-state index contributed by atoms with van der Waals surface area (Å²) in [5.41, 5.74) is 1.52. The van der Waals surface area contributed by atoms with Gasteiger partial charge in [0.2, 0.25) is 11.8 Å². The summed E-state index contributed by atoms with van der Waals surface area (Å²) >= 11 is 5.70. The van der Waals surface area contributed by atoms with Gasteiger partial charge in [0.25, 0.3) is 0 Å². The SMILES string of the molecule is C[C@@H](CC(=O)Nc1ccc(Cl)cc1F)S(=O)(=O)c1ccc2c(c1)CCN2C(=O)C1CC1. The minimum Gasteiger partial charge on any atom is -0.324 e. The second-order valence-electron chi connectivity index (χ2n) is 8.04. The molecule has 6 nitrogen and oxygen atoms in total. The smallest absolute Gasteiger partial charge is 0.230 e. The molecule has 1 heterocycles. The molecule has 0 bridgehead atoms. The van der Waals surface area contributed by atoms with E-state index in [1.54, 1.807) is 17.0 Å². The van der Waals surface area contributed by atoms with E-state index in [0.717, 1.165) is 30.2 Å². The van der Waals surface area contributed by atoms with Crippen molar-refractivity contribution in [1.29, 1.82) is 0 Å². The number of hydrogen-bond acceptors (Lipinski definition) is 4. The largest absolute Gasteiger partial charge is 0.324 e. The minimum atomic E-state index is -3.79. The van der Waals surface area contributed by atoms with Gasteiger partial charge in [-0.2, -0.15) is 0 Å². The number of carbonyl (C=O) groups is 2. The first-order chi connectivity index (χ1) is 14.7. The molecule has 1 saturated carbocycles. The number of nitrogens with one attached hydrogen (secondary N) is 1. The van der Waals surface area contributed by atoms with Crippen molar-refractivity contribution in [3.05, 3.63) is 52.8 Å². The number of nitrogens with zero attached hydrogens (tertiary/aromatic N) is 1. The van der Waals surface area contributed by atoms with Crippen molar-refractivity contribution >= 4 is 44.6 Å². The zero-order chi connectivity index (χ0) is 22.3. The van der Waals surface area contributed by atoms with Gasteiger partial charge in [0.05, 0.1) is 15.8 Å². The molecular formula is C22H22ClFN2O4S. The van der Waals surface area contributed by atoms with Crippen LogP contribution in [0.2, 0.25) is 5.02 Å². The standard InChI is InChI=1S/C22H22ClFN2O4S/c1-13(10-21(27)25-19-6-4-16(23)12-18(19)24)31(29,30)17-5-7-20-15(11-17)8-9-26(20)22(28)14-2-3-14/h4-7,11-14H,2-3,8-10H2,1H3,(H,25,27)/t13-/m0/s1. The summed E-state index contributed by atoms with van der Waals surface area (Å²) in [6.07, 6.45) is 2.10. The van der Waals surface area contributed by atoms with Crippen LogP contribution >= 0.6 is 11.6 Å². The summed E-state index contributed by atoms with van der Waals surface area (Å²) in [4.78, 5) is 26.5. The Morgan fingerprint density at radius 3 is 2.65 bits per heavy atom. The zero-order valence-electron chi connectivity index (χ0n) is 16.9. The Hall–Kier alpha value is -2.45. The van der Waals surface area contributed by atoms with Crippen LogP contribution < -0.4 is 10.2 Å². The first-order valence-electron chi connectivity index (χ1n) is 10.1. The monoisotopic (exact) mass is 464 g/mol. The molecule has 0 saturated heterocycles. The van der Waals surface area contributed by atoms with Gasteiger partial charge in [-0.1, -0.05) is 11.6 Å². The van der Waals surface area contributed by atoms with Gasteiger partial charge < -0.3 is 10.2 Å². The lowest BCUT2D eigenvalue weighted by molar-refractivity contribution is -0.119. The zero-order valence-corrected chi connectivity index (χ0v) is 18.5. The Kier molecular flexibility index (Phi) is 5.79. The molecule has 0 unspecified atom stereocenters. The highest BCUT2D eigenvalue weighted by Gasteiger charge is 2.37. The number of halogens is 2. The van der Waals surface area contributed by atoms with Crippen LogP contribution in [0.3, 0.4) is 0 Å². The molecule has 1 atom stereocenters. The highest BCUT2D eigenvalue weighted by molar-refractivity contribution is 7.92. The van der Waals surface area contributed by atoms with E-state index in [2.05, 4.69) is 5.32 Å². The molecule has 2 amide bonds. The average molecular weight is 465 g/mol. The van der Waals surface area contributed by atoms with E-state index in [1.165, 1.54) is 25.1 Å². The summed E-state index contributed by atoms with van der Waals surface area (Å²) in [5, 5.41) is 1.57. The highest BCUT2D eigenvalue weighted by Crippen LogP contribution is 2.37. The van der Waals surface area contributed by atoms with E-state index in [-0.39, 0.29) is 33.9 Å². The lowest BCUT2D eigenvalue weighted by Crippen LogP contribution is -2.30. The molecular weight excluding hydrogens is 443 g/mol. The molecule has 31 heavy (non-hydrogen) atoms. The van der Waals surface area contributed by atoms with Gasteiger partial charge in [-0.25, -0.2) is 12.8 Å². The van der Waals surface area contributed by atoms with E-state index in [1.807, 2.05) is 0 Å². The van der Waals surface area contributed by atoms with Crippen molar-refractivity contribution < 1.29 is 22.4 Å². The predicted octanol–water partition coefficient (Wildman–Crippen LogP) is 3.97. The third kappa shape index (κ3) is 4.45. The van der Waals surface area contributed by atoms with Gasteiger partial charge in [-0.15, -0.1) is 0 Å². The van der Waals surface area contributed by atoms with Gasteiger partial charge in [0.1, 0.15) is 5.82 Å². The second-order valence-corrected chi connectivity index (χ2v) is 10.8. The van der Waals surface area contributed by atoms with Gasteiger partial charge in [0, 0.05) is 29.6 Å². The molecule has 1 N–H and O–H groups in total. The van der Waals surface area contributed by atoms with E-state index in [4.69, 9.17) is 11.6 Å². The second kappa shape index (κ2) is 8.24. The van der Waals surface area contributed by atoms with Crippen LogP contribution in [-0.4, -0.2) is 32.0 Å². The fourth-order valence-electron chi connectivity index (χ4n) is 3.73. The normalized spacial score (nSPS) is 16.7. The molecule has 1 aliphatic heterocycles. The van der Waals surface area contributed by atoms with Crippen LogP contribution in [0.4, 0.5) is 15.8 Å². The molecule has 2 aromatic carbocycles. The average Bonchev–Trinajstić information content (AvgIpc) is 3.48. The van der Waals surface area contributed by atoms with E-state index in [0.29, 0.717) is 13.0 Å². The molecule has 1 aliphatic carbocycles. The molecule has 0 aromatic heterocycles. The lowest BCUT2D eigenvalue weighted by atomic mass is 10.2. The number of anilines is 2. The third-order valence-electron chi connectivity index (χ3n) is 5.68. The Bertz CT molecular complexity index is 1160. The number of hydrogen-bond donors (Lipinski definition) is 1. The van der Waals surface area contributed by atoms with E-state index < -0.39 is 26.8 Å². The minimum absolute atomic E-state index is 0.0584. The van der Waals surface area contributed by atoms with Crippen LogP contribution in [0.15, 0.2) is 41.3 Å². The maximum atomic E-state index is 13.9. The van der Waals surface area contributed by atoms with Gasteiger partial charge >= 0.3 is 0 Å². The molecule has 164 valence electrons. The quantitative estimate of drug-likeness (QED) is 0.701. The number of fused-ring (bicyclic) bond motifs is 1. The Balaban J connectivity index is 1.46. The fourth-order valence-corrected chi connectivity index (χ4v) is 5.29. The van der Waals surface area contributed by atoms with Crippen LogP contribution in [0.1, 0.15) is 31.7 Å². The van der Waals surface area contributed by atoms with E-state index in [9.17, 15) is 22.4 Å². The maximum Gasteiger partial charge on any atom is 0.230 e. The summed E-state index contributed by atoms with van der Waals surface area (Å²) in [6, 6.07) is 8.58. The number of sulfone groups is 1. The maximum absolute atomic E-state index is 13.9. The first kappa shape index (κ1) is 21.8. The lowest BCUT2D eigenvalue weighted by Gasteiger charge is -2.18. The molecule has 0 spiro atoms. The number of benzene rings is 2. The highest BCUT2D eigenvalue weighted by atomic mass is 35.5. The van der Waals surface area contributed by atoms with Gasteiger partial charge in [-0.3, -0.25) is 9.59 Å². The topological polar surface area (TPSA) is 83.6 Å². The van der Waals surface area contributed by atoms with Gasteiger partial charge in [0.15, 0.2) is 9.84 Å². The van der Waals surface area contributed by atoms with Crippen LogP contribution in [0.5, 0.6) is 0 Å². The van der Waals surface area contributed by atoms with Crippen molar-refractivity contribution in [3.8, 4) is 0 Å². The van der Waals surface area contributed by atoms with Crippen molar-refractivity contribution in [1.82, 2.24) is 0 Å². The number of rotatable bonds is 6. The summed E-state index contributed by atoms with van der Waals surface area (Å²) in [7, 11) is -3.79. The third-order valence-corrected chi connectivity index (χ3v) is 8.05. The summed E-state index contributed by atoms with van der Waals surface area (Å²) in [6.45, 7) is 2.00. The van der Waals surface area contributed by atoms with Crippen molar-refractivity contribution in [3.63, 3.8) is 0 Å². The fraction of sp³-hybridized carbons (Fsp3) is 0.364. The van der Waals surface area contributed by atoms with Crippen LogP contribution in [-0.2, 0) is 25.8 Å². The number of carbonyl (C=O) groups excluding carboxylic acids is 2. The van der Waals surface area contributed by atoms with Crippen molar-refractivity contribution in [2.24, 2.45) is 5.92 Å². The van der Waals surface area contributed by atoms with Gasteiger partial charge in [-0.05, 0) is 68.1 Å². The Morgan fingerprint density at radius 2 is 1.97 bits per heavy atom.